The molecule has 1 aliphatic carbocycles. The molecule has 0 aliphatic heterocycles. The lowest BCUT2D eigenvalue weighted by Crippen LogP contribution is -2.42. The van der Waals surface area contributed by atoms with E-state index in [1.165, 1.54) is 12.8 Å². The van der Waals surface area contributed by atoms with E-state index in [0.29, 0.717) is 12.1 Å². The van der Waals surface area contributed by atoms with E-state index in [-0.39, 0.29) is 5.91 Å². The Bertz CT molecular complexity index is 625. The zero-order valence-electron chi connectivity index (χ0n) is 12.2. The molecule has 0 saturated heterocycles. The second-order valence-electron chi connectivity index (χ2n) is 6.07. The van der Waals surface area contributed by atoms with Gasteiger partial charge in [0, 0.05) is 23.6 Å². The van der Waals surface area contributed by atoms with Crippen LogP contribution in [0.25, 0.3) is 10.9 Å². The number of hydrogen-bond donors (Lipinski definition) is 3. The summed E-state index contributed by atoms with van der Waals surface area (Å²) in [5, 5.41) is 14.4. The van der Waals surface area contributed by atoms with Gasteiger partial charge in [0.05, 0.1) is 11.2 Å². The van der Waals surface area contributed by atoms with Gasteiger partial charge in [-0.1, -0.05) is 43.9 Å². The van der Waals surface area contributed by atoms with E-state index < -0.39 is 5.60 Å². The van der Waals surface area contributed by atoms with E-state index in [0.717, 1.165) is 36.6 Å². The van der Waals surface area contributed by atoms with Crippen LogP contribution in [0.15, 0.2) is 30.5 Å². The number of H-pyrrole nitrogens is 1. The topological polar surface area (TPSA) is 65.1 Å². The molecule has 0 bridgehead atoms. The fourth-order valence-corrected chi connectivity index (χ4v) is 3.16. The molecule has 0 spiro atoms. The predicted molar refractivity (Wildman–Crippen MR) is 83.3 cm³/mol. The van der Waals surface area contributed by atoms with Gasteiger partial charge in [0.25, 0.3) is 5.91 Å². The Morgan fingerprint density at radius 3 is 2.67 bits per heavy atom. The molecule has 0 radical (unpaired) electrons. The summed E-state index contributed by atoms with van der Waals surface area (Å²) in [5.74, 6) is -0.120. The van der Waals surface area contributed by atoms with Gasteiger partial charge in [-0.15, -0.1) is 0 Å². The van der Waals surface area contributed by atoms with Crippen LogP contribution >= 0.6 is 0 Å². The number of aromatic nitrogens is 1. The Morgan fingerprint density at radius 1 is 1.19 bits per heavy atom. The first-order valence-electron chi connectivity index (χ1n) is 7.75. The lowest BCUT2D eigenvalue weighted by Gasteiger charge is -2.26. The second kappa shape index (κ2) is 5.90. The number of rotatable bonds is 3. The minimum Gasteiger partial charge on any atom is -0.388 e. The van der Waals surface area contributed by atoms with Gasteiger partial charge in [0.1, 0.15) is 0 Å². The first-order valence-corrected chi connectivity index (χ1v) is 7.75. The maximum absolute atomic E-state index is 12.3. The molecule has 2 aromatic rings. The normalized spacial score (nSPS) is 18.3. The highest BCUT2D eigenvalue weighted by atomic mass is 16.3. The zero-order valence-corrected chi connectivity index (χ0v) is 12.2. The minimum atomic E-state index is -0.738. The summed E-state index contributed by atoms with van der Waals surface area (Å²) in [6.07, 6.45) is 7.73. The summed E-state index contributed by atoms with van der Waals surface area (Å²) < 4.78 is 0. The van der Waals surface area contributed by atoms with Crippen molar-refractivity contribution < 1.29 is 9.90 Å². The summed E-state index contributed by atoms with van der Waals surface area (Å²) in [5.41, 5.74) is 0.858. The van der Waals surface area contributed by atoms with Crippen LogP contribution in [0.4, 0.5) is 0 Å². The Morgan fingerprint density at radius 2 is 1.90 bits per heavy atom. The van der Waals surface area contributed by atoms with Crippen molar-refractivity contribution in [1.29, 1.82) is 0 Å². The van der Waals surface area contributed by atoms with Crippen LogP contribution in [-0.2, 0) is 0 Å². The third-order valence-corrected chi connectivity index (χ3v) is 4.45. The number of carbonyl (C=O) groups excluding carboxylic acids is 1. The third kappa shape index (κ3) is 3.10. The molecule has 112 valence electrons. The highest BCUT2D eigenvalue weighted by Gasteiger charge is 2.28. The zero-order chi connectivity index (χ0) is 14.7. The van der Waals surface area contributed by atoms with Gasteiger partial charge < -0.3 is 15.4 Å². The van der Waals surface area contributed by atoms with E-state index in [4.69, 9.17) is 0 Å². The van der Waals surface area contributed by atoms with Crippen molar-refractivity contribution in [1.82, 2.24) is 10.3 Å². The first kappa shape index (κ1) is 14.1. The molecular formula is C17H22N2O2. The average molecular weight is 286 g/mol. The molecule has 4 heteroatoms. The van der Waals surface area contributed by atoms with Crippen molar-refractivity contribution in [2.45, 2.75) is 44.1 Å². The number of aromatic amines is 1. The number of amides is 1. The monoisotopic (exact) mass is 286 g/mol. The van der Waals surface area contributed by atoms with Crippen molar-refractivity contribution in [2.24, 2.45) is 0 Å². The van der Waals surface area contributed by atoms with Crippen molar-refractivity contribution in [3.8, 4) is 0 Å². The molecule has 0 atom stereocenters. The van der Waals surface area contributed by atoms with Crippen LogP contribution in [0.2, 0.25) is 0 Å². The third-order valence-electron chi connectivity index (χ3n) is 4.45. The van der Waals surface area contributed by atoms with Crippen LogP contribution < -0.4 is 5.32 Å². The van der Waals surface area contributed by atoms with Gasteiger partial charge in [-0.2, -0.15) is 0 Å². The molecule has 3 N–H and O–H groups in total. The van der Waals surface area contributed by atoms with Crippen molar-refractivity contribution >= 4 is 16.8 Å². The van der Waals surface area contributed by atoms with E-state index in [1.54, 1.807) is 6.20 Å². The summed E-state index contributed by atoms with van der Waals surface area (Å²) in [6.45, 7) is 0.339. The molecule has 4 nitrogen and oxygen atoms in total. The quantitative estimate of drug-likeness (QED) is 0.759. The molecule has 1 aromatic carbocycles. The number of nitrogens with one attached hydrogen (secondary N) is 2. The summed E-state index contributed by atoms with van der Waals surface area (Å²) in [6, 6.07) is 7.74. The summed E-state index contributed by atoms with van der Waals surface area (Å²) >= 11 is 0. The SMILES string of the molecule is O=C(NCC1(O)CCCCCC1)c1c[nH]c2ccccc12. The highest BCUT2D eigenvalue weighted by molar-refractivity contribution is 6.06. The minimum absolute atomic E-state index is 0.120. The Hall–Kier alpha value is -1.81. The van der Waals surface area contributed by atoms with Gasteiger partial charge in [0.2, 0.25) is 0 Å². The number of hydrogen-bond acceptors (Lipinski definition) is 2. The van der Waals surface area contributed by atoms with Gasteiger partial charge in [0.15, 0.2) is 0 Å². The maximum Gasteiger partial charge on any atom is 0.253 e. The van der Waals surface area contributed by atoms with E-state index in [9.17, 15) is 9.90 Å². The van der Waals surface area contributed by atoms with E-state index in [2.05, 4.69) is 10.3 Å². The van der Waals surface area contributed by atoms with Crippen molar-refractivity contribution in [3.63, 3.8) is 0 Å². The lowest BCUT2D eigenvalue weighted by atomic mass is 9.94. The Kier molecular flexibility index (Phi) is 3.97. The van der Waals surface area contributed by atoms with Gasteiger partial charge in [-0.3, -0.25) is 4.79 Å². The molecule has 0 unspecified atom stereocenters. The van der Waals surface area contributed by atoms with Crippen molar-refractivity contribution in [3.05, 3.63) is 36.0 Å². The number of para-hydroxylation sites is 1. The molecule has 1 fully saturated rings. The van der Waals surface area contributed by atoms with Crippen LogP contribution in [-0.4, -0.2) is 28.1 Å². The van der Waals surface area contributed by atoms with Gasteiger partial charge >= 0.3 is 0 Å². The first-order chi connectivity index (χ1) is 10.2. The number of fused-ring (bicyclic) bond motifs is 1. The molecule has 3 rings (SSSR count). The van der Waals surface area contributed by atoms with E-state index >= 15 is 0 Å². The largest absolute Gasteiger partial charge is 0.388 e. The smallest absolute Gasteiger partial charge is 0.253 e. The van der Waals surface area contributed by atoms with Crippen LogP contribution in [0.1, 0.15) is 48.9 Å². The fraction of sp³-hybridized carbons (Fsp3) is 0.471. The summed E-state index contributed by atoms with van der Waals surface area (Å²) in [7, 11) is 0. The summed E-state index contributed by atoms with van der Waals surface area (Å²) in [4.78, 5) is 15.5. The van der Waals surface area contributed by atoms with Crippen LogP contribution in [0, 0.1) is 0 Å². The molecule has 1 aromatic heterocycles. The van der Waals surface area contributed by atoms with Gasteiger partial charge in [-0.05, 0) is 18.9 Å². The number of benzene rings is 1. The van der Waals surface area contributed by atoms with Crippen LogP contribution in [0.5, 0.6) is 0 Å². The van der Waals surface area contributed by atoms with E-state index in [1.807, 2.05) is 24.3 Å². The maximum atomic E-state index is 12.3. The number of aliphatic hydroxyl groups is 1. The highest BCUT2D eigenvalue weighted by Crippen LogP contribution is 2.26. The van der Waals surface area contributed by atoms with Crippen LogP contribution in [0.3, 0.4) is 0 Å². The fourth-order valence-electron chi connectivity index (χ4n) is 3.16. The van der Waals surface area contributed by atoms with Crippen molar-refractivity contribution in [2.75, 3.05) is 6.54 Å². The molecule has 1 saturated carbocycles. The Balaban J connectivity index is 1.69. The molecule has 1 aliphatic rings. The second-order valence-corrected chi connectivity index (χ2v) is 6.07. The average Bonchev–Trinajstić information content (AvgIpc) is 2.81. The molecular weight excluding hydrogens is 264 g/mol. The number of carbonyl (C=O) groups is 1. The molecule has 21 heavy (non-hydrogen) atoms. The molecule has 1 heterocycles. The standard InChI is InChI=1S/C17H22N2O2/c20-16(14-11-18-15-8-4-3-7-13(14)15)19-12-17(21)9-5-1-2-6-10-17/h3-4,7-8,11,18,21H,1-2,5-6,9-10,12H2,(H,19,20). The lowest BCUT2D eigenvalue weighted by molar-refractivity contribution is 0.0247. The Labute approximate surface area is 124 Å². The van der Waals surface area contributed by atoms with Gasteiger partial charge in [-0.25, -0.2) is 0 Å². The molecule has 1 amide bonds. The predicted octanol–water partition coefficient (Wildman–Crippen LogP) is 2.98.